The van der Waals surface area contributed by atoms with Crippen molar-refractivity contribution >= 4 is 22.7 Å². The standard InChI is InChI=1S/C31H35N3O4/c1-22(2)34(31(36)25-16-26(37-3)18-27(17-25)38-4)21-30(35)33(20-23-10-6-5-7-11-23)15-14-24-19-32-29-13-9-8-12-28(24)29/h5-13,16-19,22,32H,14-15,20-21H2,1-4H3. The van der Waals surface area contributed by atoms with Gasteiger partial charge in [-0.2, -0.15) is 0 Å². The number of carbonyl (C=O) groups excluding carboxylic acids is 2. The number of ether oxygens (including phenoxy) is 2. The van der Waals surface area contributed by atoms with E-state index in [0.29, 0.717) is 36.6 Å². The van der Waals surface area contributed by atoms with Crippen molar-refractivity contribution in [3.63, 3.8) is 0 Å². The Balaban J connectivity index is 1.56. The summed E-state index contributed by atoms with van der Waals surface area (Å²) >= 11 is 0. The first kappa shape index (κ1) is 26.8. The van der Waals surface area contributed by atoms with Crippen molar-refractivity contribution in [3.8, 4) is 11.5 Å². The van der Waals surface area contributed by atoms with Crippen LogP contribution in [0.4, 0.5) is 0 Å². The van der Waals surface area contributed by atoms with Gasteiger partial charge in [-0.3, -0.25) is 9.59 Å². The number of carbonyl (C=O) groups is 2. The highest BCUT2D eigenvalue weighted by Gasteiger charge is 2.25. The summed E-state index contributed by atoms with van der Waals surface area (Å²) in [5.74, 6) is 0.687. The average Bonchev–Trinajstić information content (AvgIpc) is 3.36. The summed E-state index contributed by atoms with van der Waals surface area (Å²) in [5, 5.41) is 1.16. The van der Waals surface area contributed by atoms with Crippen molar-refractivity contribution in [2.45, 2.75) is 32.9 Å². The van der Waals surface area contributed by atoms with Gasteiger partial charge in [0.05, 0.1) is 14.2 Å². The third kappa shape index (κ3) is 6.35. The molecule has 0 radical (unpaired) electrons. The molecular formula is C31H35N3O4. The first-order chi connectivity index (χ1) is 18.4. The quantitative estimate of drug-likeness (QED) is 0.295. The lowest BCUT2D eigenvalue weighted by molar-refractivity contribution is -0.132. The van der Waals surface area contributed by atoms with E-state index in [9.17, 15) is 9.59 Å². The minimum absolute atomic E-state index is 0.0310. The molecule has 3 aromatic carbocycles. The molecule has 0 aliphatic heterocycles. The Hall–Kier alpha value is -4.26. The minimum Gasteiger partial charge on any atom is -0.497 e. The van der Waals surface area contributed by atoms with E-state index in [1.165, 1.54) is 0 Å². The maximum Gasteiger partial charge on any atom is 0.254 e. The molecule has 0 spiro atoms. The Morgan fingerprint density at radius 1 is 0.895 bits per heavy atom. The topological polar surface area (TPSA) is 74.9 Å². The highest BCUT2D eigenvalue weighted by Crippen LogP contribution is 2.24. The van der Waals surface area contributed by atoms with Crippen LogP contribution in [0.5, 0.6) is 11.5 Å². The molecule has 2 amide bonds. The number of H-pyrrole nitrogens is 1. The van der Waals surface area contributed by atoms with Crippen molar-refractivity contribution in [2.75, 3.05) is 27.3 Å². The van der Waals surface area contributed by atoms with Crippen LogP contribution in [0.25, 0.3) is 10.9 Å². The van der Waals surface area contributed by atoms with Crippen LogP contribution < -0.4 is 9.47 Å². The number of methoxy groups -OCH3 is 2. The zero-order chi connectivity index (χ0) is 27.1. The predicted octanol–water partition coefficient (Wildman–Crippen LogP) is 5.31. The Kier molecular flexibility index (Phi) is 8.69. The van der Waals surface area contributed by atoms with Crippen molar-refractivity contribution in [1.82, 2.24) is 14.8 Å². The number of hydrogen-bond donors (Lipinski definition) is 1. The molecule has 4 aromatic rings. The molecule has 0 aliphatic rings. The van der Waals surface area contributed by atoms with Crippen molar-refractivity contribution < 1.29 is 19.1 Å². The highest BCUT2D eigenvalue weighted by molar-refractivity contribution is 5.97. The number of rotatable bonds is 11. The maximum absolute atomic E-state index is 13.7. The van der Waals surface area contributed by atoms with Crippen LogP contribution in [0, 0.1) is 0 Å². The Morgan fingerprint density at radius 3 is 2.21 bits per heavy atom. The molecule has 0 aliphatic carbocycles. The fourth-order valence-corrected chi connectivity index (χ4v) is 4.52. The number of amides is 2. The lowest BCUT2D eigenvalue weighted by Gasteiger charge is -2.30. The van der Waals surface area contributed by atoms with Crippen LogP contribution in [0.2, 0.25) is 0 Å². The summed E-state index contributed by atoms with van der Waals surface area (Å²) in [7, 11) is 3.09. The summed E-state index contributed by atoms with van der Waals surface area (Å²) in [4.78, 5) is 34.1. The van der Waals surface area contributed by atoms with Gasteiger partial charge in [0.25, 0.3) is 5.91 Å². The number of benzene rings is 3. The monoisotopic (exact) mass is 513 g/mol. The second-order valence-corrected chi connectivity index (χ2v) is 9.54. The minimum atomic E-state index is -0.248. The number of nitrogens with one attached hydrogen (secondary N) is 1. The van der Waals surface area contributed by atoms with Gasteiger partial charge in [-0.1, -0.05) is 48.5 Å². The summed E-state index contributed by atoms with van der Waals surface area (Å²) < 4.78 is 10.7. The van der Waals surface area contributed by atoms with Crippen LogP contribution in [0.1, 0.15) is 35.3 Å². The smallest absolute Gasteiger partial charge is 0.254 e. The molecule has 4 rings (SSSR count). The molecule has 1 N–H and O–H groups in total. The predicted molar refractivity (Wildman–Crippen MR) is 150 cm³/mol. The molecule has 0 unspecified atom stereocenters. The van der Waals surface area contributed by atoms with Crippen molar-refractivity contribution in [1.29, 1.82) is 0 Å². The van der Waals surface area contributed by atoms with E-state index < -0.39 is 0 Å². The van der Waals surface area contributed by atoms with Crippen LogP contribution in [-0.4, -0.2) is 59.9 Å². The normalized spacial score (nSPS) is 11.0. The van der Waals surface area contributed by atoms with Gasteiger partial charge in [0.15, 0.2) is 0 Å². The van der Waals surface area contributed by atoms with Crippen molar-refractivity contribution in [2.24, 2.45) is 0 Å². The average molecular weight is 514 g/mol. The van der Waals surface area contributed by atoms with Gasteiger partial charge in [0, 0.05) is 47.9 Å². The highest BCUT2D eigenvalue weighted by atomic mass is 16.5. The molecule has 0 saturated carbocycles. The summed E-state index contributed by atoms with van der Waals surface area (Å²) in [5.41, 5.74) is 3.69. The molecular weight excluding hydrogens is 478 g/mol. The number of aromatic nitrogens is 1. The first-order valence-corrected chi connectivity index (χ1v) is 12.8. The second kappa shape index (κ2) is 12.3. The lowest BCUT2D eigenvalue weighted by Crippen LogP contribution is -2.46. The Labute approximate surface area is 224 Å². The fourth-order valence-electron chi connectivity index (χ4n) is 4.52. The Bertz CT molecular complexity index is 1360. The molecule has 0 fully saturated rings. The van der Waals surface area contributed by atoms with E-state index in [0.717, 1.165) is 22.0 Å². The fraction of sp³-hybridized carbons (Fsp3) is 0.290. The van der Waals surface area contributed by atoms with Crippen LogP contribution in [0.3, 0.4) is 0 Å². The van der Waals surface area contributed by atoms with Gasteiger partial charge < -0.3 is 24.3 Å². The molecule has 1 heterocycles. The molecule has 38 heavy (non-hydrogen) atoms. The third-order valence-electron chi connectivity index (χ3n) is 6.68. The van der Waals surface area contributed by atoms with E-state index in [2.05, 4.69) is 11.1 Å². The number of nitrogens with zero attached hydrogens (tertiary/aromatic N) is 2. The molecule has 1 aromatic heterocycles. The summed E-state index contributed by atoms with van der Waals surface area (Å²) in [6, 6.07) is 23.0. The third-order valence-corrected chi connectivity index (χ3v) is 6.68. The molecule has 7 nitrogen and oxygen atoms in total. The Morgan fingerprint density at radius 2 is 1.55 bits per heavy atom. The SMILES string of the molecule is COc1cc(OC)cc(C(=O)N(CC(=O)N(CCc2c[nH]c3ccccc23)Cc2ccccc2)C(C)C)c1. The van der Waals surface area contributed by atoms with Gasteiger partial charge in [-0.15, -0.1) is 0 Å². The van der Waals surface area contributed by atoms with Gasteiger partial charge in [-0.25, -0.2) is 0 Å². The summed E-state index contributed by atoms with van der Waals surface area (Å²) in [6.45, 7) is 4.79. The summed E-state index contributed by atoms with van der Waals surface area (Å²) in [6.07, 6.45) is 2.71. The number of aromatic amines is 1. The van der Waals surface area contributed by atoms with Gasteiger partial charge in [0.1, 0.15) is 18.0 Å². The van der Waals surface area contributed by atoms with Crippen LogP contribution >= 0.6 is 0 Å². The molecule has 7 heteroatoms. The second-order valence-electron chi connectivity index (χ2n) is 9.54. The van der Waals surface area contributed by atoms with Gasteiger partial charge in [0.2, 0.25) is 5.91 Å². The maximum atomic E-state index is 13.7. The van der Waals surface area contributed by atoms with E-state index in [-0.39, 0.29) is 24.4 Å². The number of fused-ring (bicyclic) bond motifs is 1. The van der Waals surface area contributed by atoms with Gasteiger partial charge in [-0.05, 0) is 49.6 Å². The largest absolute Gasteiger partial charge is 0.497 e. The zero-order valence-electron chi connectivity index (χ0n) is 22.4. The van der Waals surface area contributed by atoms with E-state index in [1.807, 2.05) is 73.5 Å². The van der Waals surface area contributed by atoms with Gasteiger partial charge >= 0.3 is 0 Å². The van der Waals surface area contributed by atoms with Crippen molar-refractivity contribution in [3.05, 3.63) is 95.7 Å². The van der Waals surface area contributed by atoms with E-state index in [4.69, 9.17) is 9.47 Å². The molecule has 0 saturated heterocycles. The van der Waals surface area contributed by atoms with E-state index >= 15 is 0 Å². The lowest BCUT2D eigenvalue weighted by atomic mass is 10.1. The molecule has 0 atom stereocenters. The number of hydrogen-bond acceptors (Lipinski definition) is 4. The zero-order valence-corrected chi connectivity index (χ0v) is 22.4. The molecule has 198 valence electrons. The molecule has 0 bridgehead atoms. The number of para-hydroxylation sites is 1. The van der Waals surface area contributed by atoms with Crippen LogP contribution in [0.15, 0.2) is 79.0 Å². The van der Waals surface area contributed by atoms with E-state index in [1.54, 1.807) is 37.3 Å². The van der Waals surface area contributed by atoms with Crippen LogP contribution in [-0.2, 0) is 17.8 Å². The first-order valence-electron chi connectivity index (χ1n) is 12.8.